The van der Waals surface area contributed by atoms with Gasteiger partial charge in [-0.25, -0.2) is 0 Å². The lowest BCUT2D eigenvalue weighted by molar-refractivity contribution is 0.0706. The van der Waals surface area contributed by atoms with Crippen molar-refractivity contribution >= 4 is 5.91 Å². The van der Waals surface area contributed by atoms with E-state index in [1.807, 2.05) is 30.3 Å². The van der Waals surface area contributed by atoms with Crippen LogP contribution in [0, 0.1) is 0 Å². The number of carbonyl (C=O) groups is 1. The van der Waals surface area contributed by atoms with Crippen LogP contribution in [-0.2, 0) is 0 Å². The highest BCUT2D eigenvalue weighted by molar-refractivity contribution is 5.94. The molecule has 1 saturated carbocycles. The minimum Gasteiger partial charge on any atom is -0.395 e. The number of nitrogens with one attached hydrogen (secondary N) is 1. The monoisotopic (exact) mass is 298 g/mol. The number of amides is 1. The van der Waals surface area contributed by atoms with Gasteiger partial charge in [-0.3, -0.25) is 9.59 Å². The molecule has 0 aliphatic heterocycles. The Kier molecular flexibility index (Phi) is 4.06. The Morgan fingerprint density at radius 3 is 2.50 bits per heavy atom. The van der Waals surface area contributed by atoms with E-state index in [1.54, 1.807) is 17.0 Å². The second-order valence-electron chi connectivity index (χ2n) is 5.43. The average molecular weight is 298 g/mol. The smallest absolute Gasteiger partial charge is 0.261 e. The summed E-state index contributed by atoms with van der Waals surface area (Å²) in [7, 11) is 0. The van der Waals surface area contributed by atoms with E-state index in [2.05, 4.69) is 4.98 Å². The Morgan fingerprint density at radius 2 is 1.91 bits per heavy atom. The van der Waals surface area contributed by atoms with Crippen molar-refractivity contribution in [3.63, 3.8) is 0 Å². The molecule has 1 aliphatic carbocycles. The van der Waals surface area contributed by atoms with Gasteiger partial charge in [0.05, 0.1) is 6.61 Å². The van der Waals surface area contributed by atoms with E-state index < -0.39 is 5.56 Å². The quantitative estimate of drug-likeness (QED) is 0.881. The number of hydrogen-bond acceptors (Lipinski definition) is 3. The summed E-state index contributed by atoms with van der Waals surface area (Å²) in [6.07, 6.45) is 1.87. The standard InChI is InChI=1S/C17H18N2O3/c20-11-10-19(13-6-7-13)17(22)14-8-9-15(18-16(14)21)12-4-2-1-3-5-12/h1-5,8-9,13,20H,6-7,10-11H2,(H,18,21). The molecule has 1 aromatic carbocycles. The van der Waals surface area contributed by atoms with Crippen LogP contribution in [0.15, 0.2) is 47.3 Å². The fourth-order valence-electron chi connectivity index (χ4n) is 2.53. The number of rotatable bonds is 5. The summed E-state index contributed by atoms with van der Waals surface area (Å²) >= 11 is 0. The highest BCUT2D eigenvalue weighted by Crippen LogP contribution is 2.27. The lowest BCUT2D eigenvalue weighted by atomic mass is 10.1. The predicted octanol–water partition coefficient (Wildman–Crippen LogP) is 1.64. The van der Waals surface area contributed by atoms with E-state index in [-0.39, 0.29) is 30.7 Å². The Labute approximate surface area is 128 Å². The number of aliphatic hydroxyl groups excluding tert-OH is 1. The highest BCUT2D eigenvalue weighted by Gasteiger charge is 2.33. The van der Waals surface area contributed by atoms with Crippen molar-refractivity contribution in [3.05, 3.63) is 58.4 Å². The third-order valence-corrected chi connectivity index (χ3v) is 3.81. The van der Waals surface area contributed by atoms with Crippen LogP contribution in [-0.4, -0.2) is 40.1 Å². The molecule has 1 fully saturated rings. The summed E-state index contributed by atoms with van der Waals surface area (Å²) in [6, 6.07) is 13.0. The van der Waals surface area contributed by atoms with Crippen molar-refractivity contribution < 1.29 is 9.90 Å². The second kappa shape index (κ2) is 6.15. The molecule has 114 valence electrons. The molecule has 0 saturated heterocycles. The molecule has 0 unspecified atom stereocenters. The first-order chi connectivity index (χ1) is 10.7. The van der Waals surface area contributed by atoms with E-state index in [1.165, 1.54) is 0 Å². The van der Waals surface area contributed by atoms with Gasteiger partial charge in [-0.05, 0) is 30.5 Å². The van der Waals surface area contributed by atoms with E-state index in [0.717, 1.165) is 18.4 Å². The third kappa shape index (κ3) is 2.94. The van der Waals surface area contributed by atoms with Gasteiger partial charge in [-0.15, -0.1) is 0 Å². The lowest BCUT2D eigenvalue weighted by Crippen LogP contribution is -2.38. The predicted molar refractivity (Wildman–Crippen MR) is 83.6 cm³/mol. The zero-order chi connectivity index (χ0) is 15.5. The number of hydrogen-bond donors (Lipinski definition) is 2. The summed E-state index contributed by atoms with van der Waals surface area (Å²) in [4.78, 5) is 29.1. The average Bonchev–Trinajstić information content (AvgIpc) is 3.37. The van der Waals surface area contributed by atoms with Crippen molar-refractivity contribution in [2.24, 2.45) is 0 Å². The Morgan fingerprint density at radius 1 is 1.18 bits per heavy atom. The molecular weight excluding hydrogens is 280 g/mol. The van der Waals surface area contributed by atoms with Gasteiger partial charge in [-0.2, -0.15) is 0 Å². The molecule has 22 heavy (non-hydrogen) atoms. The van der Waals surface area contributed by atoms with Gasteiger partial charge in [0.2, 0.25) is 0 Å². The van der Waals surface area contributed by atoms with Crippen LogP contribution >= 0.6 is 0 Å². The summed E-state index contributed by atoms with van der Waals surface area (Å²) in [5, 5.41) is 9.09. The number of aliphatic hydroxyl groups is 1. The molecule has 1 aromatic heterocycles. The number of carbonyl (C=O) groups excluding carboxylic acids is 1. The number of benzene rings is 1. The maximum absolute atomic E-state index is 12.5. The van der Waals surface area contributed by atoms with E-state index >= 15 is 0 Å². The van der Waals surface area contributed by atoms with Gasteiger partial charge >= 0.3 is 0 Å². The summed E-state index contributed by atoms with van der Waals surface area (Å²) in [5.74, 6) is -0.308. The lowest BCUT2D eigenvalue weighted by Gasteiger charge is -2.21. The highest BCUT2D eigenvalue weighted by atomic mass is 16.3. The first kappa shape index (κ1) is 14.5. The fraction of sp³-hybridized carbons (Fsp3) is 0.294. The number of aromatic amines is 1. The topological polar surface area (TPSA) is 73.4 Å². The molecule has 0 atom stereocenters. The van der Waals surface area contributed by atoms with Gasteiger partial charge in [0.25, 0.3) is 11.5 Å². The normalized spacial score (nSPS) is 13.9. The number of aromatic nitrogens is 1. The number of pyridine rings is 1. The minimum atomic E-state index is -0.394. The second-order valence-corrected chi connectivity index (χ2v) is 5.43. The van der Waals surface area contributed by atoms with Gasteiger partial charge in [0, 0.05) is 18.3 Å². The summed E-state index contributed by atoms with van der Waals surface area (Å²) in [6.45, 7) is 0.172. The van der Waals surface area contributed by atoms with Gasteiger partial charge < -0.3 is 15.0 Å². The molecule has 5 nitrogen and oxygen atoms in total. The van der Waals surface area contributed by atoms with Crippen LogP contribution in [0.3, 0.4) is 0 Å². The van der Waals surface area contributed by atoms with Crippen LogP contribution in [0.2, 0.25) is 0 Å². The Bertz CT molecular complexity index is 720. The van der Waals surface area contributed by atoms with Crippen molar-refractivity contribution in [1.29, 1.82) is 0 Å². The van der Waals surface area contributed by atoms with Crippen molar-refractivity contribution in [2.75, 3.05) is 13.2 Å². The maximum atomic E-state index is 12.5. The molecule has 1 heterocycles. The third-order valence-electron chi connectivity index (χ3n) is 3.81. The van der Waals surface area contributed by atoms with Crippen LogP contribution < -0.4 is 5.56 Å². The molecular formula is C17H18N2O3. The molecule has 2 aromatic rings. The SMILES string of the molecule is O=C(c1ccc(-c2ccccc2)[nH]c1=O)N(CCO)C1CC1. The van der Waals surface area contributed by atoms with Gasteiger partial charge in [-0.1, -0.05) is 30.3 Å². The minimum absolute atomic E-state index is 0.0950. The first-order valence-corrected chi connectivity index (χ1v) is 7.41. The van der Waals surface area contributed by atoms with Crippen LogP contribution in [0.1, 0.15) is 23.2 Å². The van der Waals surface area contributed by atoms with Gasteiger partial charge in [0.1, 0.15) is 5.56 Å². The first-order valence-electron chi connectivity index (χ1n) is 7.41. The molecule has 0 spiro atoms. The van der Waals surface area contributed by atoms with E-state index in [0.29, 0.717) is 5.69 Å². The van der Waals surface area contributed by atoms with Crippen molar-refractivity contribution in [2.45, 2.75) is 18.9 Å². The maximum Gasteiger partial charge on any atom is 0.261 e. The molecule has 0 radical (unpaired) electrons. The summed E-state index contributed by atoms with van der Waals surface area (Å²) < 4.78 is 0. The fourth-order valence-corrected chi connectivity index (χ4v) is 2.53. The summed E-state index contributed by atoms with van der Waals surface area (Å²) in [5.41, 5.74) is 1.31. The van der Waals surface area contributed by atoms with Crippen LogP contribution in [0.4, 0.5) is 0 Å². The zero-order valence-corrected chi connectivity index (χ0v) is 12.2. The Balaban J connectivity index is 1.89. The molecule has 1 amide bonds. The number of nitrogens with zero attached hydrogens (tertiary/aromatic N) is 1. The Hall–Kier alpha value is -2.40. The van der Waals surface area contributed by atoms with E-state index in [9.17, 15) is 9.59 Å². The molecule has 1 aliphatic rings. The molecule has 3 rings (SSSR count). The molecule has 0 bridgehead atoms. The van der Waals surface area contributed by atoms with Crippen molar-refractivity contribution in [3.8, 4) is 11.3 Å². The van der Waals surface area contributed by atoms with Crippen LogP contribution in [0.5, 0.6) is 0 Å². The number of H-pyrrole nitrogens is 1. The van der Waals surface area contributed by atoms with Gasteiger partial charge in [0.15, 0.2) is 0 Å². The largest absolute Gasteiger partial charge is 0.395 e. The zero-order valence-electron chi connectivity index (χ0n) is 12.2. The molecule has 5 heteroatoms. The molecule has 2 N–H and O–H groups in total. The van der Waals surface area contributed by atoms with Crippen LogP contribution in [0.25, 0.3) is 11.3 Å². The van der Waals surface area contributed by atoms with Crippen molar-refractivity contribution in [1.82, 2.24) is 9.88 Å². The van der Waals surface area contributed by atoms with E-state index in [4.69, 9.17) is 5.11 Å².